The number of hydrogen-bond donors (Lipinski definition) is 1. The summed E-state index contributed by atoms with van der Waals surface area (Å²) >= 11 is 10.8. The van der Waals surface area contributed by atoms with Crippen LogP contribution in [0.25, 0.3) is 0 Å². The fourth-order valence-electron chi connectivity index (χ4n) is 3.23. The second kappa shape index (κ2) is 4.19. The highest BCUT2D eigenvalue weighted by atomic mass is 35.5. The van der Waals surface area contributed by atoms with Crippen LogP contribution in [-0.4, -0.2) is 11.1 Å². The lowest BCUT2D eigenvalue weighted by Gasteiger charge is -2.22. The molecule has 0 amide bonds. The summed E-state index contributed by atoms with van der Waals surface area (Å²) in [4.78, 5) is 11.1. The number of carbonyl (C=O) groups is 1. The molecule has 2 fully saturated rings. The fourth-order valence-corrected chi connectivity index (χ4v) is 3.46. The van der Waals surface area contributed by atoms with Crippen LogP contribution >= 0.6 is 23.2 Å². The molecule has 2 aliphatic carbocycles. The van der Waals surface area contributed by atoms with E-state index in [1.165, 1.54) is 0 Å². The third-order valence-corrected chi connectivity index (χ3v) is 4.33. The smallest absolute Gasteiger partial charge is 0.307 e. The van der Waals surface area contributed by atoms with Gasteiger partial charge in [-0.25, -0.2) is 4.39 Å². The van der Waals surface area contributed by atoms with Gasteiger partial charge in [-0.3, -0.25) is 4.79 Å². The van der Waals surface area contributed by atoms with Gasteiger partial charge in [0.05, 0.1) is 5.92 Å². The van der Waals surface area contributed by atoms with E-state index in [1.54, 1.807) is 0 Å². The van der Waals surface area contributed by atoms with E-state index in [2.05, 4.69) is 0 Å². The van der Waals surface area contributed by atoms with E-state index in [0.29, 0.717) is 0 Å². The van der Waals surface area contributed by atoms with Crippen LogP contribution in [0.5, 0.6) is 0 Å². The highest BCUT2D eigenvalue weighted by molar-refractivity contribution is 6.56. The van der Waals surface area contributed by atoms with E-state index in [-0.39, 0.29) is 0 Å². The van der Waals surface area contributed by atoms with Crippen molar-refractivity contribution in [3.8, 4) is 0 Å². The van der Waals surface area contributed by atoms with E-state index in [9.17, 15) is 9.18 Å². The molecular formula is C11H13Cl2FO2. The molecule has 0 aromatic carbocycles. The van der Waals surface area contributed by atoms with Gasteiger partial charge in [0.25, 0.3) is 0 Å². The minimum atomic E-state index is -0.934. The minimum absolute atomic E-state index is 0.413. The molecule has 0 bridgehead atoms. The van der Waals surface area contributed by atoms with Gasteiger partial charge in [-0.15, -0.1) is 0 Å². The Hall–Kier alpha value is -0.280. The zero-order valence-corrected chi connectivity index (χ0v) is 10.2. The van der Waals surface area contributed by atoms with Crippen LogP contribution in [0.1, 0.15) is 32.1 Å². The first kappa shape index (κ1) is 12.2. The molecule has 5 heteroatoms. The predicted molar refractivity (Wildman–Crippen MR) is 60.0 cm³/mol. The number of allylic oxidation sites excluding steroid dienone is 1. The standard InChI is InChI=1S/C11H13Cl2FO2/c12-9(13)8(14)6-7(10(15)16)11(6)4-2-1-3-5-11/h6-7H,1-5H2,(H,15,16). The molecule has 90 valence electrons. The molecule has 2 atom stereocenters. The van der Waals surface area contributed by atoms with Gasteiger partial charge in [0.15, 0.2) is 0 Å². The van der Waals surface area contributed by atoms with Crippen LogP contribution in [0, 0.1) is 17.3 Å². The SMILES string of the molecule is O=C(O)C1C(C(F)=C(Cl)Cl)C12CCCCC2. The largest absolute Gasteiger partial charge is 0.481 e. The normalized spacial score (nSPS) is 31.2. The summed E-state index contributed by atoms with van der Waals surface area (Å²) in [6.45, 7) is 0. The van der Waals surface area contributed by atoms with E-state index in [1.807, 2.05) is 0 Å². The maximum absolute atomic E-state index is 13.7. The van der Waals surface area contributed by atoms with E-state index in [4.69, 9.17) is 28.3 Å². The summed E-state index contributed by atoms with van der Waals surface area (Å²) in [5.74, 6) is -2.81. The lowest BCUT2D eigenvalue weighted by molar-refractivity contribution is -0.139. The van der Waals surface area contributed by atoms with Crippen molar-refractivity contribution in [2.24, 2.45) is 17.3 Å². The average Bonchev–Trinajstić information content (AvgIpc) is 2.86. The molecule has 2 saturated carbocycles. The molecule has 1 spiro atoms. The quantitative estimate of drug-likeness (QED) is 0.824. The molecule has 2 rings (SSSR count). The first-order chi connectivity index (χ1) is 7.50. The molecule has 0 saturated heterocycles. The Morgan fingerprint density at radius 1 is 1.19 bits per heavy atom. The molecule has 2 unspecified atom stereocenters. The summed E-state index contributed by atoms with van der Waals surface area (Å²) in [6, 6.07) is 0. The van der Waals surface area contributed by atoms with Crippen LogP contribution in [0.4, 0.5) is 4.39 Å². The van der Waals surface area contributed by atoms with Gasteiger partial charge in [0.1, 0.15) is 10.3 Å². The summed E-state index contributed by atoms with van der Waals surface area (Å²) in [7, 11) is 0. The summed E-state index contributed by atoms with van der Waals surface area (Å²) in [5, 5.41) is 9.10. The summed E-state index contributed by atoms with van der Waals surface area (Å²) < 4.78 is 13.3. The third-order valence-electron chi connectivity index (χ3n) is 3.97. The van der Waals surface area contributed by atoms with Crippen molar-refractivity contribution in [2.75, 3.05) is 0 Å². The Morgan fingerprint density at radius 3 is 2.19 bits per heavy atom. The summed E-state index contributed by atoms with van der Waals surface area (Å²) in [5.41, 5.74) is -0.413. The van der Waals surface area contributed by atoms with Gasteiger partial charge < -0.3 is 5.11 Å². The lowest BCUT2D eigenvalue weighted by atomic mass is 9.83. The Kier molecular flexibility index (Phi) is 3.19. The highest BCUT2D eigenvalue weighted by Crippen LogP contribution is 2.69. The van der Waals surface area contributed by atoms with Crippen LogP contribution < -0.4 is 0 Å². The third kappa shape index (κ3) is 1.74. The predicted octanol–water partition coefficient (Wildman–Crippen LogP) is 3.88. The van der Waals surface area contributed by atoms with Crippen LogP contribution in [0.15, 0.2) is 10.3 Å². The number of halogens is 3. The van der Waals surface area contributed by atoms with E-state index in [0.717, 1.165) is 32.1 Å². The maximum atomic E-state index is 13.7. The van der Waals surface area contributed by atoms with Crippen molar-refractivity contribution in [1.29, 1.82) is 0 Å². The van der Waals surface area contributed by atoms with Crippen molar-refractivity contribution >= 4 is 29.2 Å². The molecule has 16 heavy (non-hydrogen) atoms. The second-order valence-electron chi connectivity index (χ2n) is 4.70. The number of carboxylic acid groups (broad SMARTS) is 1. The van der Waals surface area contributed by atoms with Crippen molar-refractivity contribution in [3.05, 3.63) is 10.3 Å². The molecular weight excluding hydrogens is 254 g/mol. The highest BCUT2D eigenvalue weighted by Gasteiger charge is 2.69. The Labute approximate surface area is 103 Å². The molecule has 2 nitrogen and oxygen atoms in total. The van der Waals surface area contributed by atoms with E-state index >= 15 is 0 Å². The van der Waals surface area contributed by atoms with Gasteiger partial charge in [-0.05, 0) is 18.3 Å². The zero-order valence-electron chi connectivity index (χ0n) is 8.68. The number of aliphatic carboxylic acids is 1. The van der Waals surface area contributed by atoms with Crippen LogP contribution in [0.3, 0.4) is 0 Å². The first-order valence-corrected chi connectivity index (χ1v) is 6.20. The molecule has 2 aliphatic rings. The first-order valence-electron chi connectivity index (χ1n) is 5.44. The summed E-state index contributed by atoms with van der Waals surface area (Å²) in [6.07, 6.45) is 4.56. The number of rotatable bonds is 2. The molecule has 0 radical (unpaired) electrons. The molecule has 0 aromatic rings. The minimum Gasteiger partial charge on any atom is -0.481 e. The maximum Gasteiger partial charge on any atom is 0.307 e. The average molecular weight is 267 g/mol. The Morgan fingerprint density at radius 2 is 1.75 bits per heavy atom. The fraction of sp³-hybridized carbons (Fsp3) is 0.727. The van der Waals surface area contributed by atoms with Gasteiger partial charge >= 0.3 is 5.97 Å². The Balaban J connectivity index is 2.25. The second-order valence-corrected chi connectivity index (χ2v) is 5.65. The molecule has 0 heterocycles. The molecule has 0 aromatic heterocycles. The molecule has 1 N–H and O–H groups in total. The van der Waals surface area contributed by atoms with Crippen molar-refractivity contribution in [2.45, 2.75) is 32.1 Å². The van der Waals surface area contributed by atoms with E-state index < -0.39 is 33.5 Å². The zero-order chi connectivity index (χ0) is 11.9. The van der Waals surface area contributed by atoms with Gasteiger partial charge in [0, 0.05) is 5.92 Å². The van der Waals surface area contributed by atoms with Gasteiger partial charge in [0.2, 0.25) is 0 Å². The van der Waals surface area contributed by atoms with Gasteiger partial charge in [-0.2, -0.15) is 0 Å². The monoisotopic (exact) mass is 266 g/mol. The lowest BCUT2D eigenvalue weighted by Crippen LogP contribution is -2.14. The van der Waals surface area contributed by atoms with Crippen LogP contribution in [-0.2, 0) is 4.79 Å². The number of hydrogen-bond acceptors (Lipinski definition) is 1. The van der Waals surface area contributed by atoms with Crippen molar-refractivity contribution in [3.63, 3.8) is 0 Å². The van der Waals surface area contributed by atoms with Gasteiger partial charge in [-0.1, -0.05) is 42.5 Å². The van der Waals surface area contributed by atoms with Crippen LogP contribution in [0.2, 0.25) is 0 Å². The topological polar surface area (TPSA) is 37.3 Å². The van der Waals surface area contributed by atoms with Crippen molar-refractivity contribution in [1.82, 2.24) is 0 Å². The number of carboxylic acids is 1. The molecule has 0 aliphatic heterocycles. The van der Waals surface area contributed by atoms with Crippen molar-refractivity contribution < 1.29 is 14.3 Å². The Bertz CT molecular complexity index is 344.